The van der Waals surface area contributed by atoms with E-state index < -0.39 is 0 Å². The highest BCUT2D eigenvalue weighted by Crippen LogP contribution is 2.20. The van der Waals surface area contributed by atoms with E-state index in [9.17, 15) is 4.39 Å². The third-order valence-corrected chi connectivity index (χ3v) is 5.57. The molecule has 6 heteroatoms. The molecule has 3 rings (SSSR count). The molecule has 7 N–H and O–H groups in total. The smallest absolute Gasteiger partial charge is 0.128 e. The van der Waals surface area contributed by atoms with Gasteiger partial charge in [-0.05, 0) is 66.8 Å². The largest absolute Gasteiger partial charge is 0.398 e. The number of hydrogen-bond acceptors (Lipinski definition) is 4. The molecule has 0 aromatic heterocycles. The Kier molecular flexibility index (Phi) is 8.22. The van der Waals surface area contributed by atoms with Gasteiger partial charge in [0.1, 0.15) is 11.7 Å². The van der Waals surface area contributed by atoms with Crippen molar-refractivity contribution in [1.82, 2.24) is 5.32 Å². The van der Waals surface area contributed by atoms with Crippen LogP contribution >= 0.6 is 0 Å². The average Bonchev–Trinajstić information content (AvgIpc) is 2.78. The normalized spacial score (nSPS) is 11.8. The number of nitrogens with two attached hydrogens (primary N) is 2. The van der Waals surface area contributed by atoms with Crippen molar-refractivity contribution in [3.05, 3.63) is 94.8 Å². The quantitative estimate of drug-likeness (QED) is 0.132. The summed E-state index contributed by atoms with van der Waals surface area (Å²) in [6.45, 7) is 4.44. The van der Waals surface area contributed by atoms with E-state index in [0.29, 0.717) is 29.3 Å². The number of amidine groups is 1. The van der Waals surface area contributed by atoms with Crippen LogP contribution in [0.1, 0.15) is 41.5 Å². The maximum atomic E-state index is 13.8. The molecule has 32 heavy (non-hydrogen) atoms. The Labute approximate surface area is 189 Å². The highest BCUT2D eigenvalue weighted by molar-refractivity contribution is 5.99. The molecule has 168 valence electrons. The SMILES string of the molecule is CC(CNCCCc1ccc(C(=N)N)c(N)c1)c1cccc(NCc2ccccc2F)c1. The van der Waals surface area contributed by atoms with E-state index in [-0.39, 0.29) is 11.7 Å². The van der Waals surface area contributed by atoms with Crippen molar-refractivity contribution in [2.75, 3.05) is 24.1 Å². The summed E-state index contributed by atoms with van der Waals surface area (Å²) in [5.41, 5.74) is 16.7. The first-order valence-corrected chi connectivity index (χ1v) is 10.9. The molecule has 0 amide bonds. The third-order valence-electron chi connectivity index (χ3n) is 5.57. The molecule has 3 aromatic carbocycles. The molecule has 0 bridgehead atoms. The van der Waals surface area contributed by atoms with Gasteiger partial charge >= 0.3 is 0 Å². The lowest BCUT2D eigenvalue weighted by Gasteiger charge is -2.15. The molecule has 0 saturated heterocycles. The first-order chi connectivity index (χ1) is 15.4. The van der Waals surface area contributed by atoms with Crippen molar-refractivity contribution in [1.29, 1.82) is 5.41 Å². The van der Waals surface area contributed by atoms with E-state index in [4.69, 9.17) is 16.9 Å². The first-order valence-electron chi connectivity index (χ1n) is 10.9. The lowest BCUT2D eigenvalue weighted by molar-refractivity contribution is 0.596. The van der Waals surface area contributed by atoms with Crippen molar-refractivity contribution >= 4 is 17.2 Å². The third kappa shape index (κ3) is 6.56. The summed E-state index contributed by atoms with van der Waals surface area (Å²) in [6, 6.07) is 20.8. The molecule has 1 atom stereocenters. The lowest BCUT2D eigenvalue weighted by Crippen LogP contribution is -2.21. The molecule has 3 aromatic rings. The van der Waals surface area contributed by atoms with Gasteiger partial charge in [0.25, 0.3) is 0 Å². The van der Waals surface area contributed by atoms with Gasteiger partial charge in [0.15, 0.2) is 0 Å². The predicted octanol–water partition coefficient (Wildman–Crippen LogP) is 4.63. The summed E-state index contributed by atoms with van der Waals surface area (Å²) in [5.74, 6) is 0.165. The number of rotatable bonds is 11. The molecule has 0 fully saturated rings. The molecule has 0 spiro atoms. The monoisotopic (exact) mass is 433 g/mol. The highest BCUT2D eigenvalue weighted by atomic mass is 19.1. The van der Waals surface area contributed by atoms with E-state index >= 15 is 0 Å². The Hall–Kier alpha value is -3.38. The molecule has 0 heterocycles. The van der Waals surface area contributed by atoms with E-state index in [0.717, 1.165) is 37.2 Å². The summed E-state index contributed by atoms with van der Waals surface area (Å²) in [7, 11) is 0. The van der Waals surface area contributed by atoms with Crippen molar-refractivity contribution in [3.63, 3.8) is 0 Å². The number of nitrogen functional groups attached to an aromatic ring is 2. The molecular formula is C26H32FN5. The van der Waals surface area contributed by atoms with Gasteiger partial charge in [0.2, 0.25) is 0 Å². The Morgan fingerprint density at radius 1 is 1.06 bits per heavy atom. The minimum atomic E-state index is -0.189. The lowest BCUT2D eigenvalue weighted by atomic mass is 10.0. The van der Waals surface area contributed by atoms with Gasteiger partial charge in [-0.2, -0.15) is 0 Å². The minimum Gasteiger partial charge on any atom is -0.398 e. The van der Waals surface area contributed by atoms with Crippen LogP contribution in [-0.2, 0) is 13.0 Å². The van der Waals surface area contributed by atoms with Gasteiger partial charge in [0.05, 0.1) is 0 Å². The molecule has 1 unspecified atom stereocenters. The van der Waals surface area contributed by atoms with Gasteiger partial charge < -0.3 is 22.1 Å². The number of halogens is 1. The maximum absolute atomic E-state index is 13.8. The van der Waals surface area contributed by atoms with E-state index in [2.05, 4.69) is 29.7 Å². The second kappa shape index (κ2) is 11.3. The van der Waals surface area contributed by atoms with Crippen LogP contribution < -0.4 is 22.1 Å². The highest BCUT2D eigenvalue weighted by Gasteiger charge is 2.07. The maximum Gasteiger partial charge on any atom is 0.128 e. The average molecular weight is 434 g/mol. The fourth-order valence-corrected chi connectivity index (χ4v) is 3.66. The second-order valence-corrected chi connectivity index (χ2v) is 8.11. The number of aryl methyl sites for hydroxylation is 1. The molecule has 5 nitrogen and oxygen atoms in total. The van der Waals surface area contributed by atoms with Crippen LogP contribution in [0.3, 0.4) is 0 Å². The summed E-state index contributed by atoms with van der Waals surface area (Å²) in [5, 5.41) is 14.3. The fourth-order valence-electron chi connectivity index (χ4n) is 3.66. The number of anilines is 2. The zero-order valence-electron chi connectivity index (χ0n) is 18.5. The van der Waals surface area contributed by atoms with Gasteiger partial charge in [0, 0.05) is 35.6 Å². The number of nitrogens with one attached hydrogen (secondary N) is 3. The fraction of sp³-hybridized carbons (Fsp3) is 0.269. The summed E-state index contributed by atoms with van der Waals surface area (Å²) in [6.07, 6.45) is 1.91. The number of benzene rings is 3. The van der Waals surface area contributed by atoms with Gasteiger partial charge in [-0.25, -0.2) is 4.39 Å². The van der Waals surface area contributed by atoms with E-state index in [1.165, 1.54) is 11.6 Å². The van der Waals surface area contributed by atoms with Crippen LogP contribution in [-0.4, -0.2) is 18.9 Å². The Morgan fingerprint density at radius 3 is 2.62 bits per heavy atom. The topological polar surface area (TPSA) is 100.0 Å². The van der Waals surface area contributed by atoms with Gasteiger partial charge in [-0.3, -0.25) is 5.41 Å². The predicted molar refractivity (Wildman–Crippen MR) is 132 cm³/mol. The van der Waals surface area contributed by atoms with Crippen molar-refractivity contribution in [3.8, 4) is 0 Å². The van der Waals surface area contributed by atoms with Crippen LogP contribution in [0.4, 0.5) is 15.8 Å². The van der Waals surface area contributed by atoms with Crippen LogP contribution in [0.5, 0.6) is 0 Å². The minimum absolute atomic E-state index is 0.00352. The Morgan fingerprint density at radius 2 is 1.88 bits per heavy atom. The van der Waals surface area contributed by atoms with E-state index in [1.54, 1.807) is 12.1 Å². The standard InChI is InChI=1S/C26H32FN5/c1-18(16-31-13-5-6-19-11-12-23(26(29)30)25(28)14-19)20-8-4-9-22(15-20)32-17-21-7-2-3-10-24(21)27/h2-4,7-12,14-15,18,31-32H,5-6,13,16-17,28H2,1H3,(H3,29,30). The summed E-state index contributed by atoms with van der Waals surface area (Å²) in [4.78, 5) is 0. The van der Waals surface area contributed by atoms with Crippen LogP contribution in [0.25, 0.3) is 0 Å². The second-order valence-electron chi connectivity index (χ2n) is 8.11. The van der Waals surface area contributed by atoms with Crippen LogP contribution in [0.15, 0.2) is 66.7 Å². The van der Waals surface area contributed by atoms with Crippen molar-refractivity contribution in [2.24, 2.45) is 5.73 Å². The molecule has 0 aliphatic carbocycles. The molecule has 0 aliphatic rings. The zero-order valence-corrected chi connectivity index (χ0v) is 18.5. The van der Waals surface area contributed by atoms with Crippen molar-refractivity contribution < 1.29 is 4.39 Å². The molecular weight excluding hydrogens is 401 g/mol. The zero-order chi connectivity index (χ0) is 22.9. The van der Waals surface area contributed by atoms with Crippen LogP contribution in [0.2, 0.25) is 0 Å². The summed E-state index contributed by atoms with van der Waals surface area (Å²) >= 11 is 0. The van der Waals surface area contributed by atoms with Crippen molar-refractivity contribution in [2.45, 2.75) is 32.2 Å². The van der Waals surface area contributed by atoms with Gasteiger partial charge in [-0.15, -0.1) is 0 Å². The van der Waals surface area contributed by atoms with Crippen LogP contribution in [0, 0.1) is 11.2 Å². The van der Waals surface area contributed by atoms with E-state index in [1.807, 2.05) is 36.4 Å². The Bertz CT molecular complexity index is 1050. The summed E-state index contributed by atoms with van der Waals surface area (Å²) < 4.78 is 13.8. The Balaban J connectivity index is 1.42. The first kappa shape index (κ1) is 23.3. The molecule has 0 aliphatic heterocycles. The molecule has 0 radical (unpaired) electrons. The molecule has 0 saturated carbocycles. The van der Waals surface area contributed by atoms with Gasteiger partial charge in [-0.1, -0.05) is 43.3 Å². The number of hydrogen-bond donors (Lipinski definition) is 5.